The van der Waals surface area contributed by atoms with Crippen molar-refractivity contribution in [2.45, 2.75) is 12.1 Å². The number of carbonyl (C=O) groups is 1. The van der Waals surface area contributed by atoms with Crippen molar-refractivity contribution in [3.63, 3.8) is 0 Å². The molecule has 2 atom stereocenters. The van der Waals surface area contributed by atoms with Crippen LogP contribution in [0.25, 0.3) is 0 Å². The molecule has 0 aromatic carbocycles. The van der Waals surface area contributed by atoms with Gasteiger partial charge in [-0.25, -0.2) is 0 Å². The van der Waals surface area contributed by atoms with E-state index in [-0.39, 0.29) is 12.6 Å². The van der Waals surface area contributed by atoms with Gasteiger partial charge in [0.05, 0.1) is 25.4 Å². The van der Waals surface area contributed by atoms with E-state index in [0.717, 1.165) is 0 Å². The number of nitrogens with one attached hydrogen (secondary N) is 1. The van der Waals surface area contributed by atoms with Crippen LogP contribution in [0.15, 0.2) is 0 Å². The van der Waals surface area contributed by atoms with Gasteiger partial charge in [-0.1, -0.05) is 0 Å². The molecule has 1 heterocycles. The first-order chi connectivity index (χ1) is 5.74. The van der Waals surface area contributed by atoms with Crippen LogP contribution in [0, 0.1) is 10.8 Å². The topological polar surface area (TPSA) is 58.6 Å². The van der Waals surface area contributed by atoms with Crippen molar-refractivity contribution >= 4 is 21.8 Å². The molecule has 0 aromatic heterocycles. The molecule has 0 radical (unpaired) electrons. The van der Waals surface area contributed by atoms with E-state index in [2.05, 4.69) is 32.0 Å². The molecule has 4 nitrogen and oxygen atoms in total. The minimum absolute atomic E-state index is 0.271. The summed E-state index contributed by atoms with van der Waals surface area (Å²) in [5.74, 6) is 1.83. The van der Waals surface area contributed by atoms with Gasteiger partial charge in [0.2, 0.25) is 0 Å². The van der Waals surface area contributed by atoms with Crippen LogP contribution in [0.5, 0.6) is 0 Å². The van der Waals surface area contributed by atoms with E-state index in [0.29, 0.717) is 6.61 Å². The Bertz CT molecular complexity index is 233. The van der Waals surface area contributed by atoms with Gasteiger partial charge in [0, 0.05) is 21.9 Å². The number of halogens is 1. The zero-order valence-corrected chi connectivity index (χ0v) is 7.80. The summed E-state index contributed by atoms with van der Waals surface area (Å²) in [5.41, 5.74) is 0. The molecule has 1 aliphatic heterocycles. The van der Waals surface area contributed by atoms with Crippen LogP contribution >= 0.6 is 15.9 Å². The number of hydrogen-bond acceptors (Lipinski definition) is 3. The minimum atomic E-state index is -0.619. The molecule has 1 rings (SSSR count). The molecule has 5 heteroatoms. The summed E-state index contributed by atoms with van der Waals surface area (Å²) >= 11 is 2.80. The van der Waals surface area contributed by atoms with E-state index in [1.165, 1.54) is 0 Å². The minimum Gasteiger partial charge on any atom is -0.388 e. The molecule has 1 saturated heterocycles. The first-order valence-corrected chi connectivity index (χ1v) is 4.21. The van der Waals surface area contributed by atoms with Crippen LogP contribution in [0.4, 0.5) is 0 Å². The number of rotatable bonds is 1. The maximum atomic E-state index is 10.9. The zero-order chi connectivity index (χ0) is 8.97. The van der Waals surface area contributed by atoms with E-state index in [1.807, 2.05) is 0 Å². The van der Waals surface area contributed by atoms with Gasteiger partial charge < -0.3 is 15.2 Å². The van der Waals surface area contributed by atoms with Crippen molar-refractivity contribution in [3.05, 3.63) is 0 Å². The Morgan fingerprint density at radius 2 is 2.42 bits per heavy atom. The van der Waals surface area contributed by atoms with E-state index < -0.39 is 12.0 Å². The fourth-order valence-corrected chi connectivity index (χ4v) is 1.11. The van der Waals surface area contributed by atoms with Crippen LogP contribution < -0.4 is 5.32 Å². The van der Waals surface area contributed by atoms with Gasteiger partial charge in [0.15, 0.2) is 0 Å². The molecule has 2 unspecified atom stereocenters. The van der Waals surface area contributed by atoms with Gasteiger partial charge >= 0.3 is 0 Å². The number of aliphatic hydroxyl groups excluding tert-OH is 1. The van der Waals surface area contributed by atoms with Gasteiger partial charge in [0.25, 0.3) is 5.91 Å². The lowest BCUT2D eigenvalue weighted by atomic mass is 10.2. The second kappa shape index (κ2) is 4.45. The fraction of sp³-hybridized carbons (Fsp3) is 0.571. The molecule has 0 bridgehead atoms. The lowest BCUT2D eigenvalue weighted by Gasteiger charge is -2.11. The van der Waals surface area contributed by atoms with Crippen molar-refractivity contribution in [1.29, 1.82) is 0 Å². The van der Waals surface area contributed by atoms with Crippen LogP contribution in [-0.2, 0) is 9.53 Å². The molecule has 1 amide bonds. The van der Waals surface area contributed by atoms with E-state index in [9.17, 15) is 9.90 Å². The van der Waals surface area contributed by atoms with Gasteiger partial charge in [-0.2, -0.15) is 0 Å². The standard InChI is InChI=1S/C7H8BrNO3/c8-2-1-7(11)9-5-3-12-4-6(5)10/h5-6,10H,3-4H2,(H,9,11). The smallest absolute Gasteiger partial charge is 0.297 e. The third-order valence-corrected chi connectivity index (χ3v) is 1.73. The summed E-state index contributed by atoms with van der Waals surface area (Å²) in [6.45, 7) is 0.615. The zero-order valence-electron chi connectivity index (χ0n) is 6.21. The highest BCUT2D eigenvalue weighted by molar-refractivity contribution is 9.12. The van der Waals surface area contributed by atoms with Crippen molar-refractivity contribution < 1.29 is 14.6 Å². The lowest BCUT2D eigenvalue weighted by molar-refractivity contribution is -0.116. The predicted molar refractivity (Wildman–Crippen MR) is 45.5 cm³/mol. The van der Waals surface area contributed by atoms with Crippen LogP contribution in [-0.4, -0.2) is 36.4 Å². The average Bonchev–Trinajstić information content (AvgIpc) is 2.37. The summed E-state index contributed by atoms with van der Waals surface area (Å²) in [4.78, 5) is 13.1. The van der Waals surface area contributed by atoms with Gasteiger partial charge in [-0.3, -0.25) is 4.79 Å². The molecular formula is C7H8BrNO3. The molecule has 2 N–H and O–H groups in total. The van der Waals surface area contributed by atoms with Crippen molar-refractivity contribution in [3.8, 4) is 10.8 Å². The van der Waals surface area contributed by atoms with Crippen LogP contribution in [0.2, 0.25) is 0 Å². The SMILES string of the molecule is O=C(C#CBr)NC1COCC1O. The Morgan fingerprint density at radius 1 is 1.67 bits per heavy atom. The number of amides is 1. The van der Waals surface area contributed by atoms with E-state index in [1.54, 1.807) is 0 Å². The Balaban J connectivity index is 2.38. The maximum absolute atomic E-state index is 10.9. The van der Waals surface area contributed by atoms with Crippen molar-refractivity contribution in [2.24, 2.45) is 0 Å². The molecule has 1 fully saturated rings. The maximum Gasteiger partial charge on any atom is 0.297 e. The number of aliphatic hydroxyl groups is 1. The van der Waals surface area contributed by atoms with Gasteiger partial charge in [-0.05, 0) is 4.83 Å². The van der Waals surface area contributed by atoms with Crippen molar-refractivity contribution in [2.75, 3.05) is 13.2 Å². The number of hydrogen-bond donors (Lipinski definition) is 2. The van der Waals surface area contributed by atoms with Crippen LogP contribution in [0.1, 0.15) is 0 Å². The Morgan fingerprint density at radius 3 is 2.92 bits per heavy atom. The van der Waals surface area contributed by atoms with Gasteiger partial charge in [-0.15, -0.1) is 0 Å². The highest BCUT2D eigenvalue weighted by Crippen LogP contribution is 2.04. The van der Waals surface area contributed by atoms with Gasteiger partial charge in [0.1, 0.15) is 0 Å². The molecule has 0 aliphatic carbocycles. The molecule has 1 aliphatic rings. The monoisotopic (exact) mass is 233 g/mol. The fourth-order valence-electron chi connectivity index (χ4n) is 0.928. The Kier molecular flexibility index (Phi) is 3.53. The Labute approximate surface area is 78.4 Å². The quantitative estimate of drug-likeness (QED) is 0.585. The Hall–Kier alpha value is -0.570. The first kappa shape index (κ1) is 9.52. The molecule has 0 spiro atoms. The summed E-state index contributed by atoms with van der Waals surface area (Å²) in [6.07, 6.45) is -0.619. The number of ether oxygens (including phenoxy) is 1. The second-order valence-corrected chi connectivity index (χ2v) is 2.80. The molecule has 12 heavy (non-hydrogen) atoms. The predicted octanol–water partition coefficient (Wildman–Crippen LogP) is -0.782. The summed E-state index contributed by atoms with van der Waals surface area (Å²) < 4.78 is 4.92. The first-order valence-electron chi connectivity index (χ1n) is 3.42. The largest absolute Gasteiger partial charge is 0.388 e. The molecule has 66 valence electrons. The highest BCUT2D eigenvalue weighted by Gasteiger charge is 2.26. The molecule has 0 aromatic rings. The summed E-state index contributed by atoms with van der Waals surface area (Å²) in [6, 6.07) is -0.328. The highest BCUT2D eigenvalue weighted by atomic mass is 79.9. The second-order valence-electron chi connectivity index (χ2n) is 2.40. The molecular weight excluding hydrogens is 226 g/mol. The molecule has 0 saturated carbocycles. The lowest BCUT2D eigenvalue weighted by Crippen LogP contribution is -2.41. The third kappa shape index (κ3) is 2.48. The number of carbonyl (C=O) groups excluding carboxylic acids is 1. The van der Waals surface area contributed by atoms with Crippen LogP contribution in [0.3, 0.4) is 0 Å². The summed E-state index contributed by atoms with van der Waals surface area (Å²) in [7, 11) is 0. The third-order valence-electron chi connectivity index (χ3n) is 1.53. The van der Waals surface area contributed by atoms with E-state index >= 15 is 0 Å². The van der Waals surface area contributed by atoms with E-state index in [4.69, 9.17) is 4.74 Å². The average molecular weight is 234 g/mol. The summed E-state index contributed by atoms with van der Waals surface area (Å²) in [5, 5.41) is 11.7. The normalized spacial score (nSPS) is 27.5. The van der Waals surface area contributed by atoms with Crippen molar-refractivity contribution in [1.82, 2.24) is 5.32 Å².